The molecule has 0 unspecified atom stereocenters. The highest BCUT2D eigenvalue weighted by atomic mass is 16.5. The van der Waals surface area contributed by atoms with Gasteiger partial charge >= 0.3 is 0 Å². The molecule has 0 atom stereocenters. The smallest absolute Gasteiger partial charge is 0.243 e. The molecule has 0 bridgehead atoms. The molecule has 0 fully saturated rings. The minimum atomic E-state index is -0.160. The zero-order valence-electron chi connectivity index (χ0n) is 11.7. The first-order valence-electron chi connectivity index (χ1n) is 6.52. The van der Waals surface area contributed by atoms with Gasteiger partial charge in [0.1, 0.15) is 0 Å². The molecule has 1 aromatic rings. The van der Waals surface area contributed by atoms with Gasteiger partial charge in [-0.2, -0.15) is 0 Å². The molecule has 5 nitrogen and oxygen atoms in total. The van der Waals surface area contributed by atoms with Gasteiger partial charge in [0.25, 0.3) is 0 Å². The first-order valence-corrected chi connectivity index (χ1v) is 6.52. The second kappa shape index (κ2) is 8.98. The van der Waals surface area contributed by atoms with Gasteiger partial charge in [-0.1, -0.05) is 12.6 Å². The predicted octanol–water partition coefficient (Wildman–Crippen LogP) is 1.65. The molecule has 0 spiro atoms. The molecule has 110 valence electrons. The third-order valence-electron chi connectivity index (χ3n) is 2.72. The van der Waals surface area contributed by atoms with Crippen molar-refractivity contribution in [1.29, 1.82) is 0 Å². The van der Waals surface area contributed by atoms with E-state index in [1.807, 2.05) is 0 Å². The Labute approximate surface area is 119 Å². The van der Waals surface area contributed by atoms with E-state index in [0.717, 1.165) is 18.4 Å². The molecule has 0 saturated carbocycles. The molecule has 1 rings (SSSR count). The maximum atomic E-state index is 10.9. The number of ether oxygens (including phenoxy) is 2. The fourth-order valence-corrected chi connectivity index (χ4v) is 1.62. The van der Waals surface area contributed by atoms with Gasteiger partial charge in [-0.05, 0) is 36.6 Å². The molecule has 5 heteroatoms. The minimum Gasteiger partial charge on any atom is -0.493 e. The number of carbonyl (C=O) groups excluding carboxylic acids is 1. The average Bonchev–Trinajstić information content (AvgIpc) is 2.50. The highest BCUT2D eigenvalue weighted by Crippen LogP contribution is 2.28. The number of carbonyl (C=O) groups is 1. The first kappa shape index (κ1) is 16.0. The number of aliphatic hydroxyl groups is 1. The van der Waals surface area contributed by atoms with Crippen molar-refractivity contribution < 1.29 is 19.4 Å². The van der Waals surface area contributed by atoms with E-state index < -0.39 is 0 Å². The number of methoxy groups -OCH3 is 1. The van der Waals surface area contributed by atoms with Gasteiger partial charge in [-0.15, -0.1) is 0 Å². The second-order valence-electron chi connectivity index (χ2n) is 4.19. The quantitative estimate of drug-likeness (QED) is 0.533. The third-order valence-corrected chi connectivity index (χ3v) is 2.72. The Morgan fingerprint density at radius 1 is 1.40 bits per heavy atom. The van der Waals surface area contributed by atoms with Crippen LogP contribution in [0, 0.1) is 0 Å². The van der Waals surface area contributed by atoms with Crippen molar-refractivity contribution in [3.05, 3.63) is 36.4 Å². The number of unbranched alkanes of at least 4 members (excludes halogenated alkanes) is 1. The van der Waals surface area contributed by atoms with Crippen molar-refractivity contribution in [2.45, 2.75) is 19.4 Å². The van der Waals surface area contributed by atoms with Crippen LogP contribution in [0.3, 0.4) is 0 Å². The zero-order valence-corrected chi connectivity index (χ0v) is 11.7. The second-order valence-corrected chi connectivity index (χ2v) is 4.19. The van der Waals surface area contributed by atoms with E-state index in [1.54, 1.807) is 25.3 Å². The van der Waals surface area contributed by atoms with E-state index in [4.69, 9.17) is 14.6 Å². The van der Waals surface area contributed by atoms with Gasteiger partial charge in [0.2, 0.25) is 5.91 Å². The molecule has 0 aliphatic rings. The van der Waals surface area contributed by atoms with E-state index in [0.29, 0.717) is 24.7 Å². The highest BCUT2D eigenvalue weighted by Gasteiger charge is 2.05. The lowest BCUT2D eigenvalue weighted by molar-refractivity contribution is -0.116. The number of rotatable bonds is 9. The summed E-state index contributed by atoms with van der Waals surface area (Å²) >= 11 is 0. The monoisotopic (exact) mass is 279 g/mol. The Kier molecular flexibility index (Phi) is 7.21. The van der Waals surface area contributed by atoms with Crippen LogP contribution in [-0.2, 0) is 11.4 Å². The summed E-state index contributed by atoms with van der Waals surface area (Å²) in [4.78, 5) is 10.9. The molecular formula is C15H21NO4. The topological polar surface area (TPSA) is 67.8 Å². The van der Waals surface area contributed by atoms with Gasteiger partial charge in [0, 0.05) is 6.54 Å². The van der Waals surface area contributed by atoms with Crippen molar-refractivity contribution in [3.8, 4) is 11.5 Å². The average molecular weight is 279 g/mol. The van der Waals surface area contributed by atoms with Crippen LogP contribution >= 0.6 is 0 Å². The van der Waals surface area contributed by atoms with Crippen LogP contribution in [-0.4, -0.2) is 31.3 Å². The number of nitrogens with one attached hydrogen (secondary N) is 1. The van der Waals surface area contributed by atoms with Crippen LogP contribution < -0.4 is 14.8 Å². The molecule has 2 N–H and O–H groups in total. The fraction of sp³-hybridized carbons (Fsp3) is 0.400. The van der Waals surface area contributed by atoms with Crippen molar-refractivity contribution >= 4 is 5.91 Å². The molecule has 0 aliphatic carbocycles. The maximum absolute atomic E-state index is 10.9. The Morgan fingerprint density at radius 2 is 2.20 bits per heavy atom. The van der Waals surface area contributed by atoms with Gasteiger partial charge in [-0.25, -0.2) is 0 Å². The van der Waals surface area contributed by atoms with Crippen LogP contribution in [0.5, 0.6) is 11.5 Å². The summed E-state index contributed by atoms with van der Waals surface area (Å²) in [5, 5.41) is 11.8. The molecule has 0 aliphatic heterocycles. The Bertz CT molecular complexity index is 445. The summed E-state index contributed by atoms with van der Waals surface area (Å²) in [6.45, 7) is 4.50. The molecule has 0 aromatic heterocycles. The number of aliphatic hydroxyl groups excluding tert-OH is 1. The van der Waals surface area contributed by atoms with E-state index >= 15 is 0 Å². The summed E-state index contributed by atoms with van der Waals surface area (Å²) < 4.78 is 10.8. The van der Waals surface area contributed by atoms with Crippen LogP contribution in [0.25, 0.3) is 0 Å². The van der Waals surface area contributed by atoms with E-state index in [-0.39, 0.29) is 12.5 Å². The van der Waals surface area contributed by atoms with Crippen molar-refractivity contribution in [2.24, 2.45) is 0 Å². The number of benzene rings is 1. The van der Waals surface area contributed by atoms with Crippen LogP contribution in [0.2, 0.25) is 0 Å². The van der Waals surface area contributed by atoms with E-state index in [9.17, 15) is 4.79 Å². The largest absolute Gasteiger partial charge is 0.493 e. The standard InChI is InChI=1S/C15H21NO4/c1-3-15(18)16-8-4-5-9-20-13-7-6-12(11-17)10-14(13)19-2/h3,6-7,10,17H,1,4-5,8-9,11H2,2H3,(H,16,18). The zero-order chi connectivity index (χ0) is 14.8. The van der Waals surface area contributed by atoms with E-state index in [1.165, 1.54) is 6.08 Å². The predicted molar refractivity (Wildman–Crippen MR) is 76.9 cm³/mol. The highest BCUT2D eigenvalue weighted by molar-refractivity contribution is 5.86. The Balaban J connectivity index is 2.31. The van der Waals surface area contributed by atoms with Gasteiger partial charge in [0.05, 0.1) is 20.3 Å². The number of hydrogen-bond acceptors (Lipinski definition) is 4. The fourth-order valence-electron chi connectivity index (χ4n) is 1.62. The molecule has 0 saturated heterocycles. The third kappa shape index (κ3) is 5.32. The maximum Gasteiger partial charge on any atom is 0.243 e. The summed E-state index contributed by atoms with van der Waals surface area (Å²) in [7, 11) is 1.56. The van der Waals surface area contributed by atoms with Crippen LogP contribution in [0.1, 0.15) is 18.4 Å². The van der Waals surface area contributed by atoms with Gasteiger partial charge < -0.3 is 19.9 Å². The first-order chi connectivity index (χ1) is 9.71. The Morgan fingerprint density at radius 3 is 2.85 bits per heavy atom. The van der Waals surface area contributed by atoms with E-state index in [2.05, 4.69) is 11.9 Å². The number of amides is 1. The minimum absolute atomic E-state index is 0.0281. The molecule has 0 heterocycles. The van der Waals surface area contributed by atoms with Gasteiger partial charge in [-0.3, -0.25) is 4.79 Å². The SMILES string of the molecule is C=CC(=O)NCCCCOc1ccc(CO)cc1OC. The molecule has 1 amide bonds. The Hall–Kier alpha value is -2.01. The summed E-state index contributed by atoms with van der Waals surface area (Å²) in [6.07, 6.45) is 2.91. The van der Waals surface area contributed by atoms with Crippen molar-refractivity contribution in [2.75, 3.05) is 20.3 Å². The van der Waals surface area contributed by atoms with Crippen molar-refractivity contribution in [3.63, 3.8) is 0 Å². The lowest BCUT2D eigenvalue weighted by Gasteiger charge is -2.11. The lowest BCUT2D eigenvalue weighted by atomic mass is 10.2. The van der Waals surface area contributed by atoms with Gasteiger partial charge in [0.15, 0.2) is 11.5 Å². The van der Waals surface area contributed by atoms with Crippen molar-refractivity contribution in [1.82, 2.24) is 5.32 Å². The molecule has 1 aromatic carbocycles. The van der Waals surface area contributed by atoms with Crippen LogP contribution in [0.4, 0.5) is 0 Å². The molecule has 0 radical (unpaired) electrons. The van der Waals surface area contributed by atoms with Crippen LogP contribution in [0.15, 0.2) is 30.9 Å². The summed E-state index contributed by atoms with van der Waals surface area (Å²) in [5.74, 6) is 1.10. The molecular weight excluding hydrogens is 258 g/mol. The number of hydrogen-bond donors (Lipinski definition) is 2. The summed E-state index contributed by atoms with van der Waals surface area (Å²) in [5.41, 5.74) is 0.779. The lowest BCUT2D eigenvalue weighted by Crippen LogP contribution is -2.22. The summed E-state index contributed by atoms with van der Waals surface area (Å²) in [6, 6.07) is 5.33. The molecule has 20 heavy (non-hydrogen) atoms. The normalized spacial score (nSPS) is 9.90.